The maximum absolute atomic E-state index is 13.2. The van der Waals surface area contributed by atoms with Gasteiger partial charge in [0.05, 0.1) is 13.2 Å². The van der Waals surface area contributed by atoms with Crippen LogP contribution in [0.3, 0.4) is 0 Å². The van der Waals surface area contributed by atoms with Gasteiger partial charge < -0.3 is 15.0 Å². The van der Waals surface area contributed by atoms with Crippen LogP contribution in [0.4, 0.5) is 5.13 Å². The average molecular weight is 431 g/mol. The molecule has 0 radical (unpaired) electrons. The van der Waals surface area contributed by atoms with E-state index in [-0.39, 0.29) is 23.8 Å². The Morgan fingerprint density at radius 3 is 2.50 bits per heavy atom. The first-order valence-corrected chi connectivity index (χ1v) is 11.1. The summed E-state index contributed by atoms with van der Waals surface area (Å²) in [6.07, 6.45) is 1.64. The number of amides is 2. The molecule has 0 atom stereocenters. The zero-order chi connectivity index (χ0) is 21.6. The van der Waals surface area contributed by atoms with E-state index in [1.54, 1.807) is 16.5 Å². The number of benzene rings is 1. The van der Waals surface area contributed by atoms with Crippen molar-refractivity contribution in [1.29, 1.82) is 0 Å². The minimum absolute atomic E-state index is 0.0101. The Labute approximate surface area is 182 Å². The Morgan fingerprint density at radius 1 is 1.20 bits per heavy atom. The van der Waals surface area contributed by atoms with Gasteiger partial charge in [-0.15, -0.1) is 11.3 Å². The molecular formula is C22H30N4O3S. The molecule has 1 aliphatic heterocycles. The molecule has 0 bridgehead atoms. The maximum Gasteiger partial charge on any atom is 0.254 e. The summed E-state index contributed by atoms with van der Waals surface area (Å²) in [6, 6.07) is 7.68. The highest BCUT2D eigenvalue weighted by molar-refractivity contribution is 7.13. The number of nitrogens with zero attached hydrogens (tertiary/aromatic N) is 3. The lowest BCUT2D eigenvalue weighted by Gasteiger charge is -2.30. The van der Waals surface area contributed by atoms with Gasteiger partial charge in [-0.05, 0) is 23.1 Å². The largest absolute Gasteiger partial charge is 0.379 e. The molecule has 1 aliphatic rings. The molecule has 3 rings (SSSR count). The standard InChI is InChI=1S/C22H30N4O3S/c1-22(2,3)18-6-4-17(5-7-18)20(28)26(10-9-25-11-13-29-14-12-25)16-19(27)24-21-23-8-15-30-21/h4-8,15H,9-14,16H2,1-3H3,(H,23,24,27). The fourth-order valence-electron chi connectivity index (χ4n) is 3.25. The molecule has 0 unspecified atom stereocenters. The zero-order valence-electron chi connectivity index (χ0n) is 17.9. The summed E-state index contributed by atoms with van der Waals surface area (Å²) in [6.45, 7) is 10.7. The molecule has 1 aromatic heterocycles. The number of thiazole rings is 1. The lowest BCUT2D eigenvalue weighted by molar-refractivity contribution is -0.117. The van der Waals surface area contributed by atoms with Gasteiger partial charge in [-0.3, -0.25) is 14.5 Å². The van der Waals surface area contributed by atoms with E-state index < -0.39 is 0 Å². The van der Waals surface area contributed by atoms with Gasteiger partial charge in [0, 0.05) is 43.3 Å². The molecule has 0 spiro atoms. The van der Waals surface area contributed by atoms with Crippen LogP contribution in [0.15, 0.2) is 35.8 Å². The van der Waals surface area contributed by atoms with Crippen LogP contribution in [0.2, 0.25) is 0 Å². The van der Waals surface area contributed by atoms with Crippen LogP contribution in [-0.4, -0.2) is 72.5 Å². The van der Waals surface area contributed by atoms with Crippen LogP contribution < -0.4 is 5.32 Å². The number of nitrogens with one attached hydrogen (secondary N) is 1. The van der Waals surface area contributed by atoms with Crippen LogP contribution in [0.5, 0.6) is 0 Å². The molecule has 1 saturated heterocycles. The van der Waals surface area contributed by atoms with Crippen molar-refractivity contribution in [3.63, 3.8) is 0 Å². The second kappa shape index (κ2) is 10.1. The quantitative estimate of drug-likeness (QED) is 0.731. The first-order valence-electron chi connectivity index (χ1n) is 10.2. The van der Waals surface area contributed by atoms with E-state index in [0.717, 1.165) is 13.1 Å². The minimum atomic E-state index is -0.244. The van der Waals surface area contributed by atoms with Gasteiger partial charge in [0.15, 0.2) is 5.13 Å². The van der Waals surface area contributed by atoms with E-state index in [1.807, 2.05) is 24.3 Å². The van der Waals surface area contributed by atoms with E-state index in [4.69, 9.17) is 4.74 Å². The van der Waals surface area contributed by atoms with E-state index in [9.17, 15) is 9.59 Å². The highest BCUT2D eigenvalue weighted by Gasteiger charge is 2.22. The number of rotatable bonds is 7. The van der Waals surface area contributed by atoms with Crippen LogP contribution >= 0.6 is 11.3 Å². The second-order valence-corrected chi connectivity index (χ2v) is 9.29. The third-order valence-electron chi connectivity index (χ3n) is 5.09. The van der Waals surface area contributed by atoms with Crippen molar-refractivity contribution in [3.05, 3.63) is 47.0 Å². The molecule has 2 amide bonds. The van der Waals surface area contributed by atoms with Crippen LogP contribution in [0, 0.1) is 0 Å². The van der Waals surface area contributed by atoms with Gasteiger partial charge in [-0.2, -0.15) is 0 Å². The SMILES string of the molecule is CC(C)(C)c1ccc(C(=O)N(CCN2CCOCC2)CC(=O)Nc2nccs2)cc1. The molecule has 2 heterocycles. The number of hydrogen-bond acceptors (Lipinski definition) is 6. The smallest absolute Gasteiger partial charge is 0.254 e. The van der Waals surface area contributed by atoms with Crippen molar-refractivity contribution < 1.29 is 14.3 Å². The lowest BCUT2D eigenvalue weighted by atomic mass is 9.86. The molecule has 8 heteroatoms. The molecule has 162 valence electrons. The number of hydrogen-bond donors (Lipinski definition) is 1. The fourth-order valence-corrected chi connectivity index (χ4v) is 3.80. The van der Waals surface area contributed by atoms with E-state index in [0.29, 0.717) is 37.0 Å². The van der Waals surface area contributed by atoms with Gasteiger partial charge in [0.1, 0.15) is 6.54 Å². The highest BCUT2D eigenvalue weighted by atomic mass is 32.1. The molecule has 1 aromatic carbocycles. The summed E-state index contributed by atoms with van der Waals surface area (Å²) in [7, 11) is 0. The molecule has 0 saturated carbocycles. The van der Waals surface area contributed by atoms with Crippen molar-refractivity contribution in [2.45, 2.75) is 26.2 Å². The zero-order valence-corrected chi connectivity index (χ0v) is 18.7. The first kappa shape index (κ1) is 22.4. The molecule has 0 aliphatic carbocycles. The molecule has 2 aromatic rings. The van der Waals surface area contributed by atoms with Crippen molar-refractivity contribution in [2.75, 3.05) is 51.3 Å². The van der Waals surface area contributed by atoms with Gasteiger partial charge in [0.2, 0.25) is 5.91 Å². The number of ether oxygens (including phenoxy) is 1. The monoisotopic (exact) mass is 430 g/mol. The van der Waals surface area contributed by atoms with Crippen LogP contribution in [-0.2, 0) is 14.9 Å². The second-order valence-electron chi connectivity index (χ2n) is 8.39. The molecule has 1 N–H and O–H groups in total. The topological polar surface area (TPSA) is 74.8 Å². The Balaban J connectivity index is 1.69. The Morgan fingerprint density at radius 2 is 1.90 bits per heavy atom. The molecule has 30 heavy (non-hydrogen) atoms. The predicted octanol–water partition coefficient (Wildman–Crippen LogP) is 2.85. The predicted molar refractivity (Wildman–Crippen MR) is 119 cm³/mol. The number of anilines is 1. The average Bonchev–Trinajstić information content (AvgIpc) is 3.23. The summed E-state index contributed by atoms with van der Waals surface area (Å²) < 4.78 is 5.39. The van der Waals surface area contributed by atoms with Crippen LogP contribution in [0.1, 0.15) is 36.7 Å². The number of aromatic nitrogens is 1. The van der Waals surface area contributed by atoms with Crippen LogP contribution in [0.25, 0.3) is 0 Å². The summed E-state index contributed by atoms with van der Waals surface area (Å²) in [5.41, 5.74) is 1.78. The Hall–Kier alpha value is -2.29. The van der Waals surface area contributed by atoms with Gasteiger partial charge in [0.25, 0.3) is 5.91 Å². The number of carbonyl (C=O) groups excluding carboxylic acids is 2. The summed E-state index contributed by atoms with van der Waals surface area (Å²) >= 11 is 1.35. The molecule has 1 fully saturated rings. The Bertz CT molecular complexity index is 825. The van der Waals surface area contributed by atoms with E-state index in [2.05, 4.69) is 36.0 Å². The van der Waals surface area contributed by atoms with E-state index in [1.165, 1.54) is 16.9 Å². The third-order valence-corrected chi connectivity index (χ3v) is 5.78. The molecule has 7 nitrogen and oxygen atoms in total. The molecular weight excluding hydrogens is 400 g/mol. The number of morpholine rings is 1. The first-order chi connectivity index (χ1) is 14.3. The highest BCUT2D eigenvalue weighted by Crippen LogP contribution is 2.22. The Kier molecular flexibility index (Phi) is 7.58. The summed E-state index contributed by atoms with van der Waals surface area (Å²) in [5.74, 6) is -0.385. The van der Waals surface area contributed by atoms with Gasteiger partial charge >= 0.3 is 0 Å². The fraction of sp³-hybridized carbons (Fsp3) is 0.500. The van der Waals surface area contributed by atoms with Crippen molar-refractivity contribution in [2.24, 2.45) is 0 Å². The summed E-state index contributed by atoms with van der Waals surface area (Å²) in [5, 5.41) is 5.10. The maximum atomic E-state index is 13.2. The minimum Gasteiger partial charge on any atom is -0.379 e. The van der Waals surface area contributed by atoms with Gasteiger partial charge in [-0.25, -0.2) is 4.98 Å². The third kappa shape index (κ3) is 6.35. The normalized spacial score (nSPS) is 15.0. The lowest BCUT2D eigenvalue weighted by Crippen LogP contribution is -2.45. The van der Waals surface area contributed by atoms with E-state index >= 15 is 0 Å². The summed E-state index contributed by atoms with van der Waals surface area (Å²) in [4.78, 5) is 33.7. The van der Waals surface area contributed by atoms with Gasteiger partial charge in [-0.1, -0.05) is 32.9 Å². The van der Waals surface area contributed by atoms with Crippen molar-refractivity contribution >= 4 is 28.3 Å². The van der Waals surface area contributed by atoms with Crippen molar-refractivity contribution in [1.82, 2.24) is 14.8 Å². The van der Waals surface area contributed by atoms with Crippen molar-refractivity contribution in [3.8, 4) is 0 Å². The number of carbonyl (C=O) groups is 2.